The number of nitrogens with two attached hydrogens (primary N) is 1. The van der Waals surface area contributed by atoms with Crippen LogP contribution in [0.3, 0.4) is 0 Å². The molecule has 0 unspecified atom stereocenters. The topological polar surface area (TPSA) is 126 Å². The Hall–Kier alpha value is -2.96. The number of hydrogen-bond donors (Lipinski definition) is 2. The number of aromatic nitrogens is 3. The molecule has 3 fully saturated rings. The van der Waals surface area contributed by atoms with Crippen molar-refractivity contribution in [3.05, 3.63) is 41.9 Å². The van der Waals surface area contributed by atoms with Crippen molar-refractivity contribution in [1.29, 1.82) is 5.26 Å². The zero-order valence-corrected chi connectivity index (χ0v) is 17.6. The van der Waals surface area contributed by atoms with E-state index in [1.165, 1.54) is 0 Å². The third-order valence-electron chi connectivity index (χ3n) is 6.38. The van der Waals surface area contributed by atoms with Gasteiger partial charge >= 0.3 is 0 Å². The van der Waals surface area contributed by atoms with Crippen LogP contribution in [0.1, 0.15) is 36.9 Å². The van der Waals surface area contributed by atoms with Crippen molar-refractivity contribution in [1.82, 2.24) is 19.1 Å². The van der Waals surface area contributed by atoms with Crippen molar-refractivity contribution in [2.45, 2.75) is 50.0 Å². The lowest BCUT2D eigenvalue weighted by Gasteiger charge is -2.69. The molecule has 154 valence electrons. The Morgan fingerprint density at radius 3 is 2.73 bits per heavy atom. The highest BCUT2D eigenvalue weighted by Gasteiger charge is 2.68. The number of benzene rings is 1. The van der Waals surface area contributed by atoms with Crippen molar-refractivity contribution in [2.75, 3.05) is 5.73 Å². The molecule has 3 aromatic rings. The number of nitrogen functional groups attached to an aromatic ring is 1. The van der Waals surface area contributed by atoms with Crippen LogP contribution in [-0.2, 0) is 10.0 Å². The predicted molar refractivity (Wildman–Crippen MR) is 112 cm³/mol. The van der Waals surface area contributed by atoms with Crippen molar-refractivity contribution in [3.63, 3.8) is 0 Å². The molecule has 2 heterocycles. The van der Waals surface area contributed by atoms with Crippen molar-refractivity contribution >= 4 is 21.5 Å². The summed E-state index contributed by atoms with van der Waals surface area (Å²) in [7, 11) is -3.68. The lowest BCUT2D eigenvalue weighted by atomic mass is 9.39. The van der Waals surface area contributed by atoms with Gasteiger partial charge in [-0.2, -0.15) is 5.26 Å². The number of nitrogens with one attached hydrogen (secondary N) is 1. The molecule has 3 saturated carbocycles. The summed E-state index contributed by atoms with van der Waals surface area (Å²) in [6.07, 6.45) is 6.24. The summed E-state index contributed by atoms with van der Waals surface area (Å²) in [5, 5.41) is 8.94. The molecule has 0 saturated heterocycles. The Morgan fingerprint density at radius 1 is 1.30 bits per heavy atom. The van der Waals surface area contributed by atoms with Gasteiger partial charge in [0.05, 0.1) is 28.5 Å². The lowest BCUT2D eigenvalue weighted by molar-refractivity contribution is -0.137. The van der Waals surface area contributed by atoms with Gasteiger partial charge in [-0.15, -0.1) is 0 Å². The fourth-order valence-electron chi connectivity index (χ4n) is 5.19. The number of nitrogens with zero attached hydrogens (tertiary/aromatic N) is 4. The van der Waals surface area contributed by atoms with Crippen LogP contribution in [0.5, 0.6) is 0 Å². The zero-order chi connectivity index (χ0) is 21.3. The molecule has 1 aromatic carbocycles. The van der Waals surface area contributed by atoms with Gasteiger partial charge in [0.15, 0.2) is 11.5 Å². The monoisotopic (exact) mass is 422 g/mol. The molecule has 3 aliphatic carbocycles. The van der Waals surface area contributed by atoms with E-state index in [2.05, 4.69) is 20.8 Å². The van der Waals surface area contributed by atoms with Gasteiger partial charge in [0, 0.05) is 23.7 Å². The minimum atomic E-state index is -3.68. The fraction of sp³-hybridized carbons (Fsp3) is 0.381. The zero-order valence-electron chi connectivity index (χ0n) is 16.8. The van der Waals surface area contributed by atoms with Gasteiger partial charge in [-0.1, -0.05) is 6.07 Å². The van der Waals surface area contributed by atoms with E-state index in [0.717, 1.165) is 41.8 Å². The minimum absolute atomic E-state index is 0.0258. The molecule has 2 aromatic heterocycles. The maximum Gasteiger partial charge on any atom is 0.241 e. The normalized spacial score (nSPS) is 24.8. The maximum atomic E-state index is 13.1. The van der Waals surface area contributed by atoms with Crippen LogP contribution in [0, 0.1) is 30.6 Å². The largest absolute Gasteiger partial charge is 0.381 e. The molecule has 0 amide bonds. The lowest BCUT2D eigenvalue weighted by Crippen LogP contribution is -2.74. The van der Waals surface area contributed by atoms with Crippen LogP contribution in [-0.4, -0.2) is 28.3 Å². The fourth-order valence-corrected chi connectivity index (χ4v) is 6.61. The van der Waals surface area contributed by atoms with E-state index in [1.807, 2.05) is 24.4 Å². The molecule has 0 radical (unpaired) electrons. The summed E-state index contributed by atoms with van der Waals surface area (Å²) >= 11 is 0. The summed E-state index contributed by atoms with van der Waals surface area (Å²) in [6, 6.07) is 7.33. The standard InChI is InChI=1S/C21H22N6O2S/c1-13-3-4-15(30(28,29)26-21-10-20(11-21,12-21)5-6-22)7-16(13)17-8-24-19-18(23)25-14(2)9-27(17)19/h3-4,7-9,26H,5,10-12H2,1-2H3,(H2,23,25). The van der Waals surface area contributed by atoms with Crippen molar-refractivity contribution < 1.29 is 8.42 Å². The van der Waals surface area contributed by atoms with Crippen LogP contribution in [0.15, 0.2) is 35.5 Å². The first-order chi connectivity index (χ1) is 14.2. The summed E-state index contributed by atoms with van der Waals surface area (Å²) in [6.45, 7) is 3.78. The van der Waals surface area contributed by atoms with Crippen molar-refractivity contribution in [2.24, 2.45) is 5.41 Å². The Labute approximate surface area is 174 Å². The first-order valence-electron chi connectivity index (χ1n) is 9.78. The van der Waals surface area contributed by atoms with Gasteiger partial charge in [0.1, 0.15) is 0 Å². The van der Waals surface area contributed by atoms with E-state index in [9.17, 15) is 8.42 Å². The summed E-state index contributed by atoms with van der Waals surface area (Å²) in [5.41, 5.74) is 9.38. The molecule has 3 N–H and O–H groups in total. The van der Waals surface area contributed by atoms with Gasteiger partial charge < -0.3 is 5.73 Å². The molecule has 0 atom stereocenters. The highest BCUT2D eigenvalue weighted by Crippen LogP contribution is 2.69. The number of fused-ring (bicyclic) bond motifs is 1. The van der Waals surface area contributed by atoms with E-state index >= 15 is 0 Å². The Bertz CT molecular complexity index is 1330. The van der Waals surface area contributed by atoms with E-state index in [0.29, 0.717) is 17.9 Å². The third kappa shape index (κ3) is 2.71. The third-order valence-corrected chi connectivity index (χ3v) is 7.96. The quantitative estimate of drug-likeness (QED) is 0.651. The first kappa shape index (κ1) is 19.0. The Kier molecular flexibility index (Phi) is 3.82. The average Bonchev–Trinajstić information content (AvgIpc) is 3.03. The molecule has 8 nitrogen and oxygen atoms in total. The first-order valence-corrected chi connectivity index (χ1v) is 11.3. The number of rotatable bonds is 5. The molecule has 2 bridgehead atoms. The predicted octanol–water partition coefficient (Wildman–Crippen LogP) is 2.71. The second-order valence-electron chi connectivity index (χ2n) is 8.83. The molecule has 0 spiro atoms. The SMILES string of the molecule is Cc1cn2c(-c3cc(S(=O)(=O)NC45CC(CC#N)(C4)C5)ccc3C)cnc2c(N)n1. The van der Waals surface area contributed by atoms with Crippen LogP contribution < -0.4 is 10.5 Å². The smallest absolute Gasteiger partial charge is 0.241 e. The molecular weight excluding hydrogens is 400 g/mol. The second-order valence-corrected chi connectivity index (χ2v) is 10.5. The molecule has 30 heavy (non-hydrogen) atoms. The van der Waals surface area contributed by atoms with Crippen LogP contribution in [0.25, 0.3) is 16.9 Å². The molecule has 9 heteroatoms. The van der Waals surface area contributed by atoms with E-state index in [4.69, 9.17) is 11.0 Å². The highest BCUT2D eigenvalue weighted by molar-refractivity contribution is 7.89. The van der Waals surface area contributed by atoms with Gasteiger partial charge in [-0.3, -0.25) is 4.40 Å². The van der Waals surface area contributed by atoms with E-state index < -0.39 is 10.0 Å². The Balaban J connectivity index is 1.50. The van der Waals surface area contributed by atoms with E-state index in [-0.39, 0.29) is 15.8 Å². The van der Waals surface area contributed by atoms with Gasteiger partial charge in [-0.25, -0.2) is 23.1 Å². The molecule has 6 rings (SSSR count). The highest BCUT2D eigenvalue weighted by atomic mass is 32.2. The number of aryl methyl sites for hydroxylation is 2. The van der Waals surface area contributed by atoms with Gasteiger partial charge in [-0.05, 0) is 56.2 Å². The van der Waals surface area contributed by atoms with Crippen molar-refractivity contribution in [3.8, 4) is 17.3 Å². The maximum absolute atomic E-state index is 13.1. The minimum Gasteiger partial charge on any atom is -0.381 e. The average molecular weight is 423 g/mol. The summed E-state index contributed by atoms with van der Waals surface area (Å²) in [5.74, 6) is 0.333. The van der Waals surface area contributed by atoms with Crippen LogP contribution in [0.2, 0.25) is 0 Å². The van der Waals surface area contributed by atoms with Crippen LogP contribution in [0.4, 0.5) is 5.82 Å². The van der Waals surface area contributed by atoms with E-state index in [1.54, 1.807) is 24.4 Å². The Morgan fingerprint density at radius 2 is 2.03 bits per heavy atom. The van der Waals surface area contributed by atoms with Gasteiger partial charge in [0.2, 0.25) is 10.0 Å². The second kappa shape index (κ2) is 6.03. The molecule has 3 aliphatic rings. The number of hydrogen-bond acceptors (Lipinski definition) is 6. The number of imidazole rings is 1. The van der Waals surface area contributed by atoms with Crippen LogP contribution >= 0.6 is 0 Å². The molecule has 0 aliphatic heterocycles. The summed E-state index contributed by atoms with van der Waals surface area (Å²) < 4.78 is 30.9. The number of nitriles is 1. The van der Waals surface area contributed by atoms with Gasteiger partial charge in [0.25, 0.3) is 0 Å². The number of anilines is 1. The number of sulfonamides is 1. The molecular formula is C21H22N6O2S. The summed E-state index contributed by atoms with van der Waals surface area (Å²) in [4.78, 5) is 8.82.